The van der Waals surface area contributed by atoms with E-state index in [9.17, 15) is 13.2 Å². The Bertz CT molecular complexity index is 957. The Labute approximate surface area is 182 Å². The minimum absolute atomic E-state index is 0.0528. The smallest absolute Gasteiger partial charge is 0.224 e. The molecule has 1 saturated heterocycles. The van der Waals surface area contributed by atoms with Gasteiger partial charge in [0.1, 0.15) is 5.75 Å². The Hall–Kier alpha value is -2.29. The molecule has 3 rings (SSSR count). The van der Waals surface area contributed by atoms with E-state index >= 15 is 0 Å². The van der Waals surface area contributed by atoms with Crippen LogP contribution in [0.2, 0.25) is 5.02 Å². The number of benzene rings is 2. The summed E-state index contributed by atoms with van der Waals surface area (Å²) in [4.78, 5) is 16.9. The van der Waals surface area contributed by atoms with Crippen molar-refractivity contribution in [3.05, 3.63) is 59.1 Å². The van der Waals surface area contributed by atoms with Crippen molar-refractivity contribution in [1.82, 2.24) is 9.62 Å². The maximum atomic E-state index is 12.9. The second kappa shape index (κ2) is 9.68. The summed E-state index contributed by atoms with van der Waals surface area (Å²) in [6.07, 6.45) is 1.14. The lowest BCUT2D eigenvalue weighted by Gasteiger charge is -2.36. The molecule has 0 bridgehead atoms. The molecule has 162 valence electrons. The molecule has 2 aromatic rings. The van der Waals surface area contributed by atoms with E-state index in [0.717, 1.165) is 17.7 Å². The SMILES string of the molecule is COc1ccc(N2CCN(C(=O)C[C@@H](NS(C)(=O)=O)c3ccc(Cl)cc3)CC2)cc1. The molecule has 1 aliphatic heterocycles. The highest BCUT2D eigenvalue weighted by Gasteiger charge is 2.26. The summed E-state index contributed by atoms with van der Waals surface area (Å²) < 4.78 is 31.4. The molecule has 7 nitrogen and oxygen atoms in total. The molecule has 0 unspecified atom stereocenters. The number of anilines is 1. The molecule has 0 saturated carbocycles. The molecule has 1 aliphatic rings. The normalized spacial score (nSPS) is 15.7. The zero-order valence-electron chi connectivity index (χ0n) is 17.0. The van der Waals surface area contributed by atoms with E-state index in [4.69, 9.17) is 16.3 Å². The number of carbonyl (C=O) groups is 1. The third kappa shape index (κ3) is 6.10. The van der Waals surface area contributed by atoms with Gasteiger partial charge in [0, 0.05) is 43.3 Å². The van der Waals surface area contributed by atoms with Crippen LogP contribution in [0.15, 0.2) is 48.5 Å². The molecule has 1 fully saturated rings. The number of piperazine rings is 1. The average molecular weight is 452 g/mol. The molecule has 0 aromatic heterocycles. The highest BCUT2D eigenvalue weighted by molar-refractivity contribution is 7.88. The van der Waals surface area contributed by atoms with Gasteiger partial charge < -0.3 is 14.5 Å². The van der Waals surface area contributed by atoms with Crippen LogP contribution in [0.4, 0.5) is 5.69 Å². The molecular formula is C21H26ClN3O4S. The molecule has 30 heavy (non-hydrogen) atoms. The first-order chi connectivity index (χ1) is 14.2. The van der Waals surface area contributed by atoms with Crippen LogP contribution in [-0.4, -0.2) is 58.8 Å². The van der Waals surface area contributed by atoms with Gasteiger partial charge in [0.15, 0.2) is 0 Å². The molecule has 0 radical (unpaired) electrons. The summed E-state index contributed by atoms with van der Waals surface area (Å²) in [6.45, 7) is 2.58. The standard InChI is InChI=1S/C21H26ClN3O4S/c1-29-19-9-7-18(8-10-19)24-11-13-25(14-12-24)21(26)15-20(23-30(2,27)28)16-3-5-17(22)6-4-16/h3-10,20,23H,11-15H2,1-2H3/t20-/m1/s1. The lowest BCUT2D eigenvalue weighted by Crippen LogP contribution is -2.49. The lowest BCUT2D eigenvalue weighted by atomic mass is 10.0. The summed E-state index contributed by atoms with van der Waals surface area (Å²) in [6, 6.07) is 14.1. The summed E-state index contributed by atoms with van der Waals surface area (Å²) in [5.41, 5.74) is 1.79. The van der Waals surface area contributed by atoms with Crippen LogP contribution in [0, 0.1) is 0 Å². The average Bonchev–Trinajstić information content (AvgIpc) is 2.73. The van der Waals surface area contributed by atoms with Gasteiger partial charge in [-0.1, -0.05) is 23.7 Å². The van der Waals surface area contributed by atoms with E-state index < -0.39 is 16.1 Å². The molecular weight excluding hydrogens is 426 g/mol. The van der Waals surface area contributed by atoms with Crippen LogP contribution in [0.1, 0.15) is 18.0 Å². The number of methoxy groups -OCH3 is 1. The van der Waals surface area contributed by atoms with Crippen LogP contribution >= 0.6 is 11.6 Å². The predicted octanol–water partition coefficient (Wildman–Crippen LogP) is 2.68. The number of carbonyl (C=O) groups excluding carboxylic acids is 1. The van der Waals surface area contributed by atoms with Crippen LogP contribution in [0.25, 0.3) is 0 Å². The molecule has 1 amide bonds. The Morgan fingerprint density at radius 3 is 2.20 bits per heavy atom. The van der Waals surface area contributed by atoms with E-state index in [1.54, 1.807) is 36.3 Å². The van der Waals surface area contributed by atoms with Crippen molar-refractivity contribution in [3.63, 3.8) is 0 Å². The van der Waals surface area contributed by atoms with E-state index in [1.807, 2.05) is 24.3 Å². The lowest BCUT2D eigenvalue weighted by molar-refractivity contribution is -0.132. The second-order valence-electron chi connectivity index (χ2n) is 7.26. The van der Waals surface area contributed by atoms with Crippen molar-refractivity contribution in [2.45, 2.75) is 12.5 Å². The van der Waals surface area contributed by atoms with Gasteiger partial charge in [-0.3, -0.25) is 4.79 Å². The first kappa shape index (κ1) is 22.4. The number of ether oxygens (including phenoxy) is 1. The second-order valence-corrected chi connectivity index (χ2v) is 9.48. The quantitative estimate of drug-likeness (QED) is 0.700. The van der Waals surface area contributed by atoms with Crippen molar-refractivity contribution in [2.24, 2.45) is 0 Å². The van der Waals surface area contributed by atoms with Gasteiger partial charge >= 0.3 is 0 Å². The van der Waals surface area contributed by atoms with E-state index in [1.165, 1.54) is 0 Å². The molecule has 2 aromatic carbocycles. The van der Waals surface area contributed by atoms with Crippen molar-refractivity contribution < 1.29 is 17.9 Å². The Balaban J connectivity index is 1.62. The number of nitrogens with zero attached hydrogens (tertiary/aromatic N) is 2. The van der Waals surface area contributed by atoms with Crippen LogP contribution in [0.3, 0.4) is 0 Å². The number of hydrogen-bond donors (Lipinski definition) is 1. The van der Waals surface area contributed by atoms with Crippen LogP contribution in [-0.2, 0) is 14.8 Å². The number of amides is 1. The Kier molecular flexibility index (Phi) is 7.23. The van der Waals surface area contributed by atoms with Gasteiger partial charge in [0.2, 0.25) is 15.9 Å². The minimum Gasteiger partial charge on any atom is -0.497 e. The van der Waals surface area contributed by atoms with Crippen molar-refractivity contribution >= 4 is 33.2 Å². The number of hydrogen-bond acceptors (Lipinski definition) is 5. The van der Waals surface area contributed by atoms with Crippen molar-refractivity contribution in [1.29, 1.82) is 0 Å². The highest BCUT2D eigenvalue weighted by Crippen LogP contribution is 2.23. The third-order valence-electron chi connectivity index (χ3n) is 5.08. The third-order valence-corrected chi connectivity index (χ3v) is 6.04. The van der Waals surface area contributed by atoms with E-state index in [-0.39, 0.29) is 12.3 Å². The number of halogens is 1. The van der Waals surface area contributed by atoms with Gasteiger partial charge in [-0.15, -0.1) is 0 Å². The van der Waals surface area contributed by atoms with Gasteiger partial charge in [-0.2, -0.15) is 0 Å². The van der Waals surface area contributed by atoms with Crippen LogP contribution < -0.4 is 14.4 Å². The van der Waals surface area contributed by atoms with E-state index in [2.05, 4.69) is 9.62 Å². The Morgan fingerprint density at radius 2 is 1.67 bits per heavy atom. The Morgan fingerprint density at radius 1 is 1.07 bits per heavy atom. The van der Waals surface area contributed by atoms with Crippen LogP contribution in [0.5, 0.6) is 5.75 Å². The minimum atomic E-state index is -3.48. The molecule has 1 atom stereocenters. The highest BCUT2D eigenvalue weighted by atomic mass is 35.5. The monoisotopic (exact) mass is 451 g/mol. The summed E-state index contributed by atoms with van der Waals surface area (Å²) in [7, 11) is -1.85. The topological polar surface area (TPSA) is 79.0 Å². The number of rotatable bonds is 7. The van der Waals surface area contributed by atoms with Gasteiger partial charge in [0.25, 0.3) is 0 Å². The molecule has 1 N–H and O–H groups in total. The number of nitrogens with one attached hydrogen (secondary N) is 1. The van der Waals surface area contributed by atoms with Gasteiger partial charge in [0.05, 0.1) is 19.4 Å². The maximum absolute atomic E-state index is 12.9. The number of sulfonamides is 1. The largest absolute Gasteiger partial charge is 0.497 e. The molecule has 0 aliphatic carbocycles. The van der Waals surface area contributed by atoms with Gasteiger partial charge in [-0.25, -0.2) is 13.1 Å². The molecule has 0 spiro atoms. The summed E-state index contributed by atoms with van der Waals surface area (Å²) >= 11 is 5.93. The zero-order valence-corrected chi connectivity index (χ0v) is 18.6. The molecule has 9 heteroatoms. The van der Waals surface area contributed by atoms with Crippen molar-refractivity contribution in [3.8, 4) is 5.75 Å². The predicted molar refractivity (Wildman–Crippen MR) is 119 cm³/mol. The maximum Gasteiger partial charge on any atom is 0.224 e. The van der Waals surface area contributed by atoms with Crippen molar-refractivity contribution in [2.75, 3.05) is 44.4 Å². The summed E-state index contributed by atoms with van der Waals surface area (Å²) in [5, 5.41) is 0.554. The first-order valence-electron chi connectivity index (χ1n) is 9.65. The fourth-order valence-corrected chi connectivity index (χ4v) is 4.35. The van der Waals surface area contributed by atoms with Gasteiger partial charge in [-0.05, 0) is 42.0 Å². The first-order valence-corrected chi connectivity index (χ1v) is 11.9. The fraction of sp³-hybridized carbons (Fsp3) is 0.381. The summed E-state index contributed by atoms with van der Waals surface area (Å²) in [5.74, 6) is 0.722. The fourth-order valence-electron chi connectivity index (χ4n) is 3.49. The molecule has 1 heterocycles. The van der Waals surface area contributed by atoms with E-state index in [0.29, 0.717) is 36.8 Å². The zero-order chi connectivity index (χ0) is 21.7.